The number of carbonyl (C=O) groups is 1. The maximum atomic E-state index is 12.8. The number of aryl methyl sites for hydroxylation is 1. The lowest BCUT2D eigenvalue weighted by Crippen LogP contribution is -2.30. The number of rotatable bonds is 8. The Hall–Kier alpha value is -3.37. The first kappa shape index (κ1) is 25.3. The van der Waals surface area contributed by atoms with E-state index in [2.05, 4.69) is 0 Å². The first-order valence-corrected chi connectivity index (χ1v) is 12.4. The Kier molecular flexibility index (Phi) is 7.63. The van der Waals surface area contributed by atoms with Crippen molar-refractivity contribution in [2.75, 3.05) is 37.7 Å². The fraction of sp³-hybridized carbons (Fsp3) is 0.333. The van der Waals surface area contributed by atoms with Crippen LogP contribution in [0.25, 0.3) is 11.0 Å². The minimum atomic E-state index is -3.49. The summed E-state index contributed by atoms with van der Waals surface area (Å²) in [6.07, 6.45) is 0.107. The van der Waals surface area contributed by atoms with Crippen LogP contribution in [0.2, 0.25) is 0 Å². The number of nitrogens with zero attached hydrogens (tertiary/aromatic N) is 2. The zero-order valence-electron chi connectivity index (χ0n) is 19.7. The highest BCUT2D eigenvalue weighted by molar-refractivity contribution is 7.92. The molecular weight excluding hydrogens is 458 g/mol. The van der Waals surface area contributed by atoms with Crippen LogP contribution in [0.1, 0.15) is 23.1 Å². The van der Waals surface area contributed by atoms with Crippen molar-refractivity contribution in [2.24, 2.45) is 5.73 Å². The molecule has 182 valence electrons. The molecule has 0 saturated carbocycles. The molecule has 0 aliphatic heterocycles. The smallest absolute Gasteiger partial charge is 0.414 e. The van der Waals surface area contributed by atoms with Gasteiger partial charge in [0.15, 0.2) is 0 Å². The number of benzene rings is 2. The van der Waals surface area contributed by atoms with Crippen molar-refractivity contribution in [1.82, 2.24) is 4.90 Å². The van der Waals surface area contributed by atoms with E-state index in [0.29, 0.717) is 29.8 Å². The molecule has 2 N–H and O–H groups in total. The second-order valence-corrected chi connectivity index (χ2v) is 10.3. The van der Waals surface area contributed by atoms with Gasteiger partial charge in [0.05, 0.1) is 11.4 Å². The lowest BCUT2D eigenvalue weighted by atomic mass is 9.99. The number of nitrogens with two attached hydrogens (primary N) is 1. The molecule has 0 aliphatic carbocycles. The summed E-state index contributed by atoms with van der Waals surface area (Å²) in [5, 5.41) is 0.719. The van der Waals surface area contributed by atoms with Gasteiger partial charge in [-0.1, -0.05) is 12.1 Å². The molecule has 0 saturated heterocycles. The van der Waals surface area contributed by atoms with Gasteiger partial charge in [0.25, 0.3) is 0 Å². The Morgan fingerprint density at radius 2 is 1.85 bits per heavy atom. The van der Waals surface area contributed by atoms with E-state index < -0.39 is 21.7 Å². The number of carbonyl (C=O) groups excluding carboxylic acids is 1. The SMILES string of the molecule is Cc1c(Cc2cccc(N(C)S(=O)(=O)CCCN)c2)c(=O)oc2cc(OC(=O)N(C)C)ccc12. The van der Waals surface area contributed by atoms with E-state index in [1.54, 1.807) is 44.4 Å². The third kappa shape index (κ3) is 5.57. The molecule has 1 heterocycles. The molecular formula is C24H29N3O6S. The molecule has 0 radical (unpaired) electrons. The van der Waals surface area contributed by atoms with Crippen molar-refractivity contribution >= 4 is 32.8 Å². The summed E-state index contributed by atoms with van der Waals surface area (Å²) < 4.78 is 37.0. The predicted octanol–water partition coefficient (Wildman–Crippen LogP) is 2.87. The first-order chi connectivity index (χ1) is 16.0. The first-order valence-electron chi connectivity index (χ1n) is 10.7. The minimum absolute atomic E-state index is 0.0383. The number of fused-ring (bicyclic) bond motifs is 1. The second-order valence-electron chi connectivity index (χ2n) is 8.19. The van der Waals surface area contributed by atoms with Gasteiger partial charge in [-0.15, -0.1) is 0 Å². The van der Waals surface area contributed by atoms with Crippen molar-refractivity contribution in [3.63, 3.8) is 0 Å². The predicted molar refractivity (Wildman–Crippen MR) is 132 cm³/mol. The van der Waals surface area contributed by atoms with Crippen LogP contribution in [0, 0.1) is 6.92 Å². The molecule has 1 aromatic heterocycles. The number of anilines is 1. The summed E-state index contributed by atoms with van der Waals surface area (Å²) in [4.78, 5) is 25.9. The maximum absolute atomic E-state index is 12.8. The van der Waals surface area contributed by atoms with Gasteiger partial charge in [0.2, 0.25) is 10.0 Å². The summed E-state index contributed by atoms with van der Waals surface area (Å²) >= 11 is 0. The van der Waals surface area contributed by atoms with Gasteiger partial charge >= 0.3 is 11.7 Å². The van der Waals surface area contributed by atoms with Crippen LogP contribution in [0.4, 0.5) is 10.5 Å². The van der Waals surface area contributed by atoms with E-state index in [1.165, 1.54) is 22.3 Å². The highest BCUT2D eigenvalue weighted by Crippen LogP contribution is 2.26. The molecule has 0 spiro atoms. The van der Waals surface area contributed by atoms with E-state index >= 15 is 0 Å². The van der Waals surface area contributed by atoms with Crippen LogP contribution < -0.4 is 20.4 Å². The number of hydrogen-bond acceptors (Lipinski definition) is 7. The quantitative estimate of drug-likeness (QED) is 0.485. The standard InChI is InChI=1S/C24H29N3O6S/c1-16-20-10-9-19(32-24(29)26(2)3)15-22(20)33-23(28)21(16)14-17-7-5-8-18(13-17)27(4)34(30,31)12-6-11-25/h5,7-10,13,15H,6,11-12,14,25H2,1-4H3. The molecule has 1 amide bonds. The Labute approximate surface area is 198 Å². The van der Waals surface area contributed by atoms with Crippen molar-refractivity contribution in [3.8, 4) is 5.75 Å². The van der Waals surface area contributed by atoms with Gasteiger partial charge in [0.1, 0.15) is 11.3 Å². The Morgan fingerprint density at radius 1 is 1.12 bits per heavy atom. The van der Waals surface area contributed by atoms with Crippen molar-refractivity contribution in [1.29, 1.82) is 0 Å². The highest BCUT2D eigenvalue weighted by atomic mass is 32.2. The van der Waals surface area contributed by atoms with Gasteiger partial charge in [-0.3, -0.25) is 4.31 Å². The molecule has 2 aromatic carbocycles. The number of amides is 1. The Balaban J connectivity index is 1.91. The van der Waals surface area contributed by atoms with Gasteiger partial charge < -0.3 is 19.8 Å². The molecule has 34 heavy (non-hydrogen) atoms. The molecule has 3 rings (SSSR count). The molecule has 10 heteroatoms. The zero-order valence-corrected chi connectivity index (χ0v) is 20.5. The monoisotopic (exact) mass is 487 g/mol. The van der Waals surface area contributed by atoms with Gasteiger partial charge in [-0.05, 0) is 55.3 Å². The van der Waals surface area contributed by atoms with E-state index in [-0.39, 0.29) is 17.9 Å². The average Bonchev–Trinajstić information content (AvgIpc) is 2.80. The van der Waals surface area contributed by atoms with E-state index in [9.17, 15) is 18.0 Å². The highest BCUT2D eigenvalue weighted by Gasteiger charge is 2.19. The summed E-state index contributed by atoms with van der Waals surface area (Å²) in [6, 6.07) is 11.9. The van der Waals surface area contributed by atoms with Crippen molar-refractivity contribution in [3.05, 3.63) is 69.6 Å². The second kappa shape index (κ2) is 10.3. The molecule has 9 nitrogen and oxygen atoms in total. The summed E-state index contributed by atoms with van der Waals surface area (Å²) in [7, 11) is 1.15. The normalized spacial score (nSPS) is 11.4. The van der Waals surface area contributed by atoms with Crippen LogP contribution in [-0.2, 0) is 16.4 Å². The van der Waals surface area contributed by atoms with Crippen LogP contribution in [0.15, 0.2) is 51.7 Å². The third-order valence-electron chi connectivity index (χ3n) is 5.51. The lowest BCUT2D eigenvalue weighted by Gasteiger charge is -2.20. The van der Waals surface area contributed by atoms with E-state index in [4.69, 9.17) is 14.9 Å². The Morgan fingerprint density at radius 3 is 2.53 bits per heavy atom. The lowest BCUT2D eigenvalue weighted by molar-refractivity contribution is 0.172. The molecule has 0 aliphatic rings. The van der Waals surface area contributed by atoms with Gasteiger partial charge in [-0.25, -0.2) is 18.0 Å². The van der Waals surface area contributed by atoms with Gasteiger partial charge in [-0.2, -0.15) is 0 Å². The summed E-state index contributed by atoms with van der Waals surface area (Å²) in [6.45, 7) is 2.12. The van der Waals surface area contributed by atoms with Crippen LogP contribution >= 0.6 is 0 Å². The molecule has 3 aromatic rings. The maximum Gasteiger partial charge on any atom is 0.414 e. The molecule has 0 atom stereocenters. The molecule has 0 fully saturated rings. The fourth-order valence-corrected chi connectivity index (χ4v) is 4.70. The van der Waals surface area contributed by atoms with E-state index in [0.717, 1.165) is 16.5 Å². The van der Waals surface area contributed by atoms with Crippen LogP contribution in [0.5, 0.6) is 5.75 Å². The van der Waals surface area contributed by atoms with Crippen LogP contribution in [-0.4, -0.2) is 52.9 Å². The van der Waals surface area contributed by atoms with Crippen molar-refractivity contribution < 1.29 is 22.4 Å². The zero-order chi connectivity index (χ0) is 25.0. The molecule has 0 unspecified atom stereocenters. The fourth-order valence-electron chi connectivity index (χ4n) is 3.46. The average molecular weight is 488 g/mol. The summed E-state index contributed by atoms with van der Waals surface area (Å²) in [5.41, 5.74) is 7.74. The topological polar surface area (TPSA) is 123 Å². The third-order valence-corrected chi connectivity index (χ3v) is 7.36. The summed E-state index contributed by atoms with van der Waals surface area (Å²) in [5.74, 6) is 0.233. The number of sulfonamides is 1. The van der Waals surface area contributed by atoms with E-state index in [1.807, 2.05) is 13.0 Å². The minimum Gasteiger partial charge on any atom is -0.422 e. The molecule has 0 bridgehead atoms. The Bertz CT molecular complexity index is 1360. The number of hydrogen-bond donors (Lipinski definition) is 1. The largest absolute Gasteiger partial charge is 0.422 e. The van der Waals surface area contributed by atoms with Crippen LogP contribution in [0.3, 0.4) is 0 Å². The number of ether oxygens (including phenoxy) is 1. The van der Waals surface area contributed by atoms with Gasteiger partial charge in [0, 0.05) is 44.6 Å². The van der Waals surface area contributed by atoms with Crippen molar-refractivity contribution in [2.45, 2.75) is 19.8 Å².